The van der Waals surface area contributed by atoms with Gasteiger partial charge in [0.2, 0.25) is 6.29 Å². The SMILES string of the molecule is CC(=O)O[C@@H]1CC[C@]2(C)C3=C(CC[C@H]2C1(C)C)[C@]1(C)CC[C@H]([C@@H](CCC=C(C)C)C(=O)O[C@@H]2OC[C@@H](O)[C@H](O)[C@H]2O)[C@@]1(C)CC3. The third-order valence-corrected chi connectivity index (χ3v) is 13.6. The van der Waals surface area contributed by atoms with Gasteiger partial charge in [-0.3, -0.25) is 9.59 Å². The van der Waals surface area contributed by atoms with Crippen LogP contribution in [-0.2, 0) is 23.8 Å². The first kappa shape index (κ1) is 34.6. The molecule has 0 spiro atoms. The van der Waals surface area contributed by atoms with Crippen LogP contribution in [0.3, 0.4) is 0 Å². The first-order chi connectivity index (χ1) is 21.0. The Kier molecular flexibility index (Phi) is 9.51. The Morgan fingerprint density at radius 2 is 1.62 bits per heavy atom. The maximum atomic E-state index is 14.0. The maximum absolute atomic E-state index is 14.0. The predicted octanol–water partition coefficient (Wildman–Crippen LogP) is 6.01. The molecule has 5 rings (SSSR count). The molecule has 3 N–H and O–H groups in total. The summed E-state index contributed by atoms with van der Waals surface area (Å²) in [5, 5.41) is 30.6. The van der Waals surface area contributed by atoms with E-state index in [1.54, 1.807) is 11.1 Å². The fraction of sp³-hybridized carbons (Fsp3) is 0.838. The average molecular weight is 631 g/mol. The second kappa shape index (κ2) is 12.4. The van der Waals surface area contributed by atoms with Gasteiger partial charge in [0.25, 0.3) is 0 Å². The molecule has 0 unspecified atom stereocenters. The normalized spacial score (nSPS) is 43.0. The van der Waals surface area contributed by atoms with Crippen molar-refractivity contribution in [1.29, 1.82) is 0 Å². The van der Waals surface area contributed by atoms with Gasteiger partial charge in [0.05, 0.1) is 12.5 Å². The number of aliphatic hydroxyl groups excluding tert-OH is 3. The standard InChI is InChI=1S/C37H58O8/c1-21(2)10-9-11-23(32(42)45-33-31(41)30(40)27(39)20-43-33)24-14-18-37(8)26-12-13-28-34(4,5)29(44-22(3)38)16-17-35(28,6)25(26)15-19-36(24,37)7/h10,23-24,27-31,33,39-41H,9,11-20H2,1-8H3/t23-,24-,27-,28+,29-,30+,31-,33+,35-,36-,37+/m1/s1. The molecule has 4 aliphatic carbocycles. The molecule has 3 fully saturated rings. The Balaban J connectivity index is 1.44. The summed E-state index contributed by atoms with van der Waals surface area (Å²) < 4.78 is 17.2. The first-order valence-corrected chi connectivity index (χ1v) is 17.4. The molecule has 254 valence electrons. The monoisotopic (exact) mass is 630 g/mol. The zero-order valence-corrected chi connectivity index (χ0v) is 28.9. The van der Waals surface area contributed by atoms with Crippen molar-refractivity contribution in [3.63, 3.8) is 0 Å². The van der Waals surface area contributed by atoms with Gasteiger partial charge in [-0.15, -0.1) is 0 Å². The largest absolute Gasteiger partial charge is 0.462 e. The third-order valence-electron chi connectivity index (χ3n) is 13.6. The number of allylic oxidation sites excluding steroid dienone is 4. The van der Waals surface area contributed by atoms with Crippen LogP contribution in [0.15, 0.2) is 22.8 Å². The summed E-state index contributed by atoms with van der Waals surface area (Å²) in [5.74, 6) is -0.413. The van der Waals surface area contributed by atoms with Gasteiger partial charge in [0.1, 0.15) is 24.4 Å². The summed E-state index contributed by atoms with van der Waals surface area (Å²) in [4.78, 5) is 26.0. The van der Waals surface area contributed by atoms with E-state index in [4.69, 9.17) is 14.2 Å². The van der Waals surface area contributed by atoms with Gasteiger partial charge in [-0.2, -0.15) is 0 Å². The number of carbonyl (C=O) groups is 2. The molecular formula is C37H58O8. The van der Waals surface area contributed by atoms with Gasteiger partial charge in [-0.05, 0) is 106 Å². The molecular weight excluding hydrogens is 572 g/mol. The maximum Gasteiger partial charge on any atom is 0.311 e. The average Bonchev–Trinajstić information content (AvgIpc) is 3.23. The quantitative estimate of drug-likeness (QED) is 0.231. The molecule has 1 saturated heterocycles. The van der Waals surface area contributed by atoms with Gasteiger partial charge in [0.15, 0.2) is 0 Å². The summed E-state index contributed by atoms with van der Waals surface area (Å²) in [5.41, 5.74) is 4.27. The number of hydrogen-bond acceptors (Lipinski definition) is 8. The lowest BCUT2D eigenvalue weighted by molar-refractivity contribution is -0.265. The number of fused-ring (bicyclic) bond motifs is 4. The lowest BCUT2D eigenvalue weighted by Gasteiger charge is -2.62. The zero-order chi connectivity index (χ0) is 33.1. The molecule has 0 aromatic heterocycles. The molecule has 5 aliphatic rings. The Hall–Kier alpha value is -1.74. The molecule has 45 heavy (non-hydrogen) atoms. The predicted molar refractivity (Wildman–Crippen MR) is 171 cm³/mol. The number of carbonyl (C=O) groups excluding carboxylic acids is 2. The van der Waals surface area contributed by atoms with Crippen molar-refractivity contribution >= 4 is 11.9 Å². The van der Waals surface area contributed by atoms with E-state index in [1.807, 2.05) is 0 Å². The molecule has 0 amide bonds. The summed E-state index contributed by atoms with van der Waals surface area (Å²) in [7, 11) is 0. The van der Waals surface area contributed by atoms with Gasteiger partial charge >= 0.3 is 11.9 Å². The van der Waals surface area contributed by atoms with Crippen molar-refractivity contribution in [3.8, 4) is 0 Å². The third kappa shape index (κ3) is 5.74. The van der Waals surface area contributed by atoms with Crippen LogP contribution in [0.5, 0.6) is 0 Å². The Labute approximate surface area is 270 Å². The van der Waals surface area contributed by atoms with E-state index in [0.717, 1.165) is 57.8 Å². The van der Waals surface area contributed by atoms with Crippen LogP contribution < -0.4 is 0 Å². The Bertz CT molecular complexity index is 1220. The minimum atomic E-state index is -1.50. The molecule has 0 bridgehead atoms. The highest BCUT2D eigenvalue weighted by Crippen LogP contribution is 2.72. The summed E-state index contributed by atoms with van der Waals surface area (Å²) in [6.07, 6.45) is 6.05. The molecule has 8 nitrogen and oxygen atoms in total. The number of esters is 2. The highest BCUT2D eigenvalue weighted by Gasteiger charge is 2.64. The van der Waals surface area contributed by atoms with Crippen molar-refractivity contribution in [2.75, 3.05) is 6.61 Å². The summed E-state index contributed by atoms with van der Waals surface area (Å²) in [6.45, 7) is 17.4. The molecule has 1 aliphatic heterocycles. The Morgan fingerprint density at radius 1 is 0.911 bits per heavy atom. The van der Waals surface area contributed by atoms with Gasteiger partial charge in [-0.1, -0.05) is 57.4 Å². The number of aliphatic hydroxyl groups is 3. The van der Waals surface area contributed by atoms with E-state index >= 15 is 0 Å². The summed E-state index contributed by atoms with van der Waals surface area (Å²) in [6, 6.07) is 0. The van der Waals surface area contributed by atoms with Crippen molar-refractivity contribution < 1.29 is 39.1 Å². The van der Waals surface area contributed by atoms with Gasteiger partial charge in [-0.25, -0.2) is 0 Å². The lowest BCUT2D eigenvalue weighted by Crippen LogP contribution is -2.56. The van der Waals surface area contributed by atoms with Crippen LogP contribution in [0.2, 0.25) is 0 Å². The topological polar surface area (TPSA) is 123 Å². The molecule has 2 saturated carbocycles. The second-order valence-electron chi connectivity index (χ2n) is 16.5. The summed E-state index contributed by atoms with van der Waals surface area (Å²) >= 11 is 0. The van der Waals surface area contributed by atoms with Crippen molar-refractivity contribution in [3.05, 3.63) is 22.8 Å². The van der Waals surface area contributed by atoms with E-state index in [-0.39, 0.29) is 58.1 Å². The highest BCUT2D eigenvalue weighted by atomic mass is 16.7. The van der Waals surface area contributed by atoms with Crippen LogP contribution in [0.4, 0.5) is 0 Å². The number of hydrogen-bond donors (Lipinski definition) is 3. The molecule has 0 aromatic carbocycles. The minimum absolute atomic E-state index is 0.0354. The second-order valence-corrected chi connectivity index (χ2v) is 16.5. The van der Waals surface area contributed by atoms with E-state index in [1.165, 1.54) is 12.5 Å². The fourth-order valence-electron chi connectivity index (χ4n) is 10.9. The zero-order valence-electron chi connectivity index (χ0n) is 28.9. The molecule has 1 heterocycles. The Morgan fingerprint density at radius 3 is 2.29 bits per heavy atom. The van der Waals surface area contributed by atoms with Crippen LogP contribution in [-0.4, -0.2) is 64.6 Å². The van der Waals surface area contributed by atoms with E-state index in [9.17, 15) is 24.9 Å². The number of ether oxygens (including phenoxy) is 3. The van der Waals surface area contributed by atoms with Crippen LogP contribution in [0.1, 0.15) is 120 Å². The number of rotatable bonds is 7. The van der Waals surface area contributed by atoms with Crippen molar-refractivity contribution in [2.45, 2.75) is 150 Å². The van der Waals surface area contributed by atoms with Crippen LogP contribution in [0.25, 0.3) is 0 Å². The smallest absolute Gasteiger partial charge is 0.311 e. The van der Waals surface area contributed by atoms with Crippen molar-refractivity contribution in [1.82, 2.24) is 0 Å². The van der Waals surface area contributed by atoms with Crippen molar-refractivity contribution in [2.24, 2.45) is 39.4 Å². The first-order valence-electron chi connectivity index (χ1n) is 17.4. The molecule has 0 aromatic rings. The highest BCUT2D eigenvalue weighted by molar-refractivity contribution is 5.73. The molecule has 0 radical (unpaired) electrons. The van der Waals surface area contributed by atoms with E-state index in [2.05, 4.69) is 54.5 Å². The van der Waals surface area contributed by atoms with E-state index < -0.39 is 24.6 Å². The fourth-order valence-corrected chi connectivity index (χ4v) is 10.9. The van der Waals surface area contributed by atoms with Crippen LogP contribution >= 0.6 is 0 Å². The minimum Gasteiger partial charge on any atom is -0.462 e. The molecule has 8 heteroatoms. The van der Waals surface area contributed by atoms with Gasteiger partial charge < -0.3 is 29.5 Å². The van der Waals surface area contributed by atoms with Gasteiger partial charge in [0, 0.05) is 12.3 Å². The van der Waals surface area contributed by atoms with Crippen LogP contribution in [0, 0.1) is 39.4 Å². The van der Waals surface area contributed by atoms with E-state index in [0.29, 0.717) is 12.3 Å². The molecule has 11 atom stereocenters. The lowest BCUT2D eigenvalue weighted by atomic mass is 9.43.